The fraction of sp³-hybridized carbons (Fsp3) is 0.214. The van der Waals surface area contributed by atoms with Crippen LogP contribution in [0.1, 0.15) is 23.0 Å². The van der Waals surface area contributed by atoms with Crippen LogP contribution in [-0.4, -0.2) is 28.0 Å². The Labute approximate surface area is 119 Å². The summed E-state index contributed by atoms with van der Waals surface area (Å²) in [5, 5.41) is 13.3. The molecule has 2 aromatic rings. The Bertz CT molecular complexity index is 755. The van der Waals surface area contributed by atoms with Crippen LogP contribution < -0.4 is 5.56 Å². The van der Waals surface area contributed by atoms with Gasteiger partial charge in [0.25, 0.3) is 5.56 Å². The highest BCUT2D eigenvalue weighted by Crippen LogP contribution is 2.19. The first-order chi connectivity index (χ1) is 9.99. The standard InChI is InChI=1S/C14H13FN2O4/c1-3-8-5-4-6-9(15)13(8)17-11(19)7-10(18)12(16-17)14(20)21-2/h4-7,18H,3H2,1-2H3. The lowest BCUT2D eigenvalue weighted by atomic mass is 10.1. The fourth-order valence-electron chi connectivity index (χ4n) is 1.93. The zero-order valence-corrected chi connectivity index (χ0v) is 11.5. The molecule has 0 atom stereocenters. The van der Waals surface area contributed by atoms with E-state index in [4.69, 9.17) is 0 Å². The molecule has 1 N–H and O–H groups in total. The number of methoxy groups -OCH3 is 1. The Morgan fingerprint density at radius 3 is 2.81 bits per heavy atom. The summed E-state index contributed by atoms with van der Waals surface area (Å²) in [5.41, 5.74) is -0.705. The molecule has 6 nitrogen and oxygen atoms in total. The molecule has 0 unspecified atom stereocenters. The van der Waals surface area contributed by atoms with Crippen LogP contribution in [0.4, 0.5) is 4.39 Å². The van der Waals surface area contributed by atoms with Gasteiger partial charge < -0.3 is 9.84 Å². The Kier molecular flexibility index (Phi) is 4.02. The zero-order chi connectivity index (χ0) is 15.6. The summed E-state index contributed by atoms with van der Waals surface area (Å²) < 4.78 is 19.3. The lowest BCUT2D eigenvalue weighted by Crippen LogP contribution is -2.25. The van der Waals surface area contributed by atoms with E-state index >= 15 is 0 Å². The lowest BCUT2D eigenvalue weighted by molar-refractivity contribution is 0.0587. The number of hydrogen-bond acceptors (Lipinski definition) is 5. The molecule has 0 aliphatic carbocycles. The van der Waals surface area contributed by atoms with Gasteiger partial charge in [0.15, 0.2) is 5.75 Å². The predicted molar refractivity (Wildman–Crippen MR) is 72.2 cm³/mol. The van der Waals surface area contributed by atoms with Crippen LogP contribution in [-0.2, 0) is 11.2 Å². The third-order valence-corrected chi connectivity index (χ3v) is 2.95. The molecular weight excluding hydrogens is 279 g/mol. The van der Waals surface area contributed by atoms with Crippen molar-refractivity contribution in [2.24, 2.45) is 0 Å². The molecule has 0 radical (unpaired) electrons. The van der Waals surface area contributed by atoms with Gasteiger partial charge in [-0.3, -0.25) is 4.79 Å². The van der Waals surface area contributed by atoms with Crippen molar-refractivity contribution in [3.05, 3.63) is 51.7 Å². The maximum atomic E-state index is 14.0. The SMILES string of the molecule is CCc1cccc(F)c1-n1nc(C(=O)OC)c(O)cc1=O. The van der Waals surface area contributed by atoms with Crippen LogP contribution in [0.2, 0.25) is 0 Å². The van der Waals surface area contributed by atoms with Crippen LogP contribution in [0.5, 0.6) is 5.75 Å². The van der Waals surface area contributed by atoms with Crippen molar-refractivity contribution in [2.45, 2.75) is 13.3 Å². The summed E-state index contributed by atoms with van der Waals surface area (Å²) >= 11 is 0. The summed E-state index contributed by atoms with van der Waals surface area (Å²) in [6.45, 7) is 1.80. The summed E-state index contributed by atoms with van der Waals surface area (Å²) in [6, 6.07) is 5.15. The van der Waals surface area contributed by atoms with Crippen molar-refractivity contribution in [1.82, 2.24) is 9.78 Å². The second kappa shape index (κ2) is 5.74. The Hall–Kier alpha value is -2.70. The molecule has 0 aliphatic rings. The molecule has 0 spiro atoms. The number of benzene rings is 1. The van der Waals surface area contributed by atoms with E-state index in [-0.39, 0.29) is 5.69 Å². The number of nitrogens with zero attached hydrogens (tertiary/aromatic N) is 2. The van der Waals surface area contributed by atoms with Crippen molar-refractivity contribution in [2.75, 3.05) is 7.11 Å². The molecule has 1 aromatic heterocycles. The number of carbonyl (C=O) groups is 1. The van der Waals surface area contributed by atoms with Gasteiger partial charge in [-0.15, -0.1) is 0 Å². The van der Waals surface area contributed by atoms with Gasteiger partial charge in [0, 0.05) is 6.07 Å². The number of aryl methyl sites for hydroxylation is 1. The maximum absolute atomic E-state index is 14.0. The minimum Gasteiger partial charge on any atom is -0.505 e. The number of rotatable bonds is 3. The third-order valence-electron chi connectivity index (χ3n) is 2.95. The Balaban J connectivity index is 2.76. The topological polar surface area (TPSA) is 81.4 Å². The number of aromatic nitrogens is 2. The van der Waals surface area contributed by atoms with E-state index in [1.807, 2.05) is 0 Å². The van der Waals surface area contributed by atoms with Gasteiger partial charge in [-0.1, -0.05) is 19.1 Å². The van der Waals surface area contributed by atoms with Gasteiger partial charge in [-0.05, 0) is 18.1 Å². The Morgan fingerprint density at radius 1 is 1.48 bits per heavy atom. The molecule has 0 fully saturated rings. The highest BCUT2D eigenvalue weighted by atomic mass is 19.1. The quantitative estimate of drug-likeness (QED) is 0.865. The summed E-state index contributed by atoms with van der Waals surface area (Å²) in [5.74, 6) is -2.18. The number of aromatic hydroxyl groups is 1. The van der Waals surface area contributed by atoms with Gasteiger partial charge in [0.2, 0.25) is 5.69 Å². The molecule has 0 aliphatic heterocycles. The Morgan fingerprint density at radius 2 is 2.19 bits per heavy atom. The number of ether oxygens (including phenoxy) is 1. The molecule has 1 heterocycles. The minimum atomic E-state index is -0.921. The molecule has 2 rings (SSSR count). The first kappa shape index (κ1) is 14.7. The summed E-state index contributed by atoms with van der Waals surface area (Å²) in [4.78, 5) is 23.5. The first-order valence-corrected chi connectivity index (χ1v) is 6.19. The van der Waals surface area contributed by atoms with E-state index in [1.165, 1.54) is 12.1 Å². The average Bonchev–Trinajstić information content (AvgIpc) is 2.47. The smallest absolute Gasteiger partial charge is 0.362 e. The largest absolute Gasteiger partial charge is 0.505 e. The molecule has 0 saturated carbocycles. The van der Waals surface area contributed by atoms with Crippen molar-refractivity contribution in [3.63, 3.8) is 0 Å². The van der Waals surface area contributed by atoms with Gasteiger partial charge in [0.05, 0.1) is 7.11 Å². The van der Waals surface area contributed by atoms with Crippen molar-refractivity contribution in [1.29, 1.82) is 0 Å². The second-order valence-corrected chi connectivity index (χ2v) is 4.22. The molecule has 0 saturated heterocycles. The van der Waals surface area contributed by atoms with E-state index in [0.29, 0.717) is 12.0 Å². The highest BCUT2D eigenvalue weighted by molar-refractivity contribution is 5.89. The van der Waals surface area contributed by atoms with Crippen molar-refractivity contribution < 1.29 is 19.0 Å². The van der Waals surface area contributed by atoms with Crippen molar-refractivity contribution >= 4 is 5.97 Å². The average molecular weight is 292 g/mol. The van der Waals surface area contributed by atoms with E-state index in [2.05, 4.69) is 9.84 Å². The van der Waals surface area contributed by atoms with Gasteiger partial charge in [-0.25, -0.2) is 9.18 Å². The second-order valence-electron chi connectivity index (χ2n) is 4.22. The van der Waals surface area contributed by atoms with Crippen LogP contribution in [0.15, 0.2) is 29.1 Å². The van der Waals surface area contributed by atoms with Gasteiger partial charge in [0.1, 0.15) is 11.5 Å². The zero-order valence-electron chi connectivity index (χ0n) is 11.5. The van der Waals surface area contributed by atoms with Crippen molar-refractivity contribution in [3.8, 4) is 11.4 Å². The normalized spacial score (nSPS) is 10.4. The number of hydrogen-bond donors (Lipinski definition) is 1. The lowest BCUT2D eigenvalue weighted by Gasteiger charge is -2.12. The van der Waals surface area contributed by atoms with Crippen LogP contribution >= 0.6 is 0 Å². The molecular formula is C14H13FN2O4. The van der Waals surface area contributed by atoms with E-state index in [0.717, 1.165) is 17.9 Å². The van der Waals surface area contributed by atoms with E-state index < -0.39 is 28.8 Å². The first-order valence-electron chi connectivity index (χ1n) is 6.19. The summed E-state index contributed by atoms with van der Waals surface area (Å²) in [7, 11) is 1.11. The molecule has 1 aromatic carbocycles. The van der Waals surface area contributed by atoms with Gasteiger partial charge in [-0.2, -0.15) is 9.78 Å². The maximum Gasteiger partial charge on any atom is 0.362 e. The molecule has 21 heavy (non-hydrogen) atoms. The third kappa shape index (κ3) is 2.62. The number of esters is 1. The fourth-order valence-corrected chi connectivity index (χ4v) is 1.93. The van der Waals surface area contributed by atoms with E-state index in [1.54, 1.807) is 13.0 Å². The molecule has 110 valence electrons. The summed E-state index contributed by atoms with van der Waals surface area (Å²) in [6.07, 6.45) is 0.468. The number of halogens is 1. The molecule has 7 heteroatoms. The molecule has 0 amide bonds. The monoisotopic (exact) mass is 292 g/mol. The van der Waals surface area contributed by atoms with Crippen LogP contribution in [0.25, 0.3) is 5.69 Å². The van der Waals surface area contributed by atoms with Crippen LogP contribution in [0.3, 0.4) is 0 Å². The van der Waals surface area contributed by atoms with E-state index in [9.17, 15) is 19.1 Å². The number of carbonyl (C=O) groups excluding carboxylic acids is 1. The number of para-hydroxylation sites is 1. The predicted octanol–water partition coefficient (Wildman–Crippen LogP) is 1.43. The van der Waals surface area contributed by atoms with Gasteiger partial charge >= 0.3 is 5.97 Å². The van der Waals surface area contributed by atoms with Crippen LogP contribution in [0, 0.1) is 5.82 Å². The molecule has 0 bridgehead atoms. The minimum absolute atomic E-state index is 0.0462. The highest BCUT2D eigenvalue weighted by Gasteiger charge is 2.19.